The molecule has 1 aromatic carbocycles. The zero-order valence-electron chi connectivity index (χ0n) is 16.2. The SMILES string of the molecule is CC1=NN(c2ccc(C(=O)NCC(C)CN3CCN(C)CC3)cc2)CC1. The third-order valence-electron chi connectivity index (χ3n) is 5.18. The predicted molar refractivity (Wildman–Crippen MR) is 107 cm³/mol. The average Bonchev–Trinajstić information content (AvgIpc) is 3.08. The van der Waals surface area contributed by atoms with E-state index in [2.05, 4.69) is 34.2 Å². The minimum atomic E-state index is 0.00267. The van der Waals surface area contributed by atoms with E-state index in [-0.39, 0.29) is 5.91 Å². The van der Waals surface area contributed by atoms with Crippen molar-refractivity contribution >= 4 is 17.3 Å². The van der Waals surface area contributed by atoms with E-state index in [9.17, 15) is 4.79 Å². The minimum absolute atomic E-state index is 0.00267. The van der Waals surface area contributed by atoms with Crippen LogP contribution in [0.3, 0.4) is 0 Å². The number of piperazine rings is 1. The quantitative estimate of drug-likeness (QED) is 0.845. The molecular weight excluding hydrogens is 326 g/mol. The first-order valence-corrected chi connectivity index (χ1v) is 9.62. The zero-order chi connectivity index (χ0) is 18.5. The molecule has 1 unspecified atom stereocenters. The Balaban J connectivity index is 1.44. The Morgan fingerprint density at radius 3 is 2.46 bits per heavy atom. The maximum Gasteiger partial charge on any atom is 0.251 e. The smallest absolute Gasteiger partial charge is 0.251 e. The van der Waals surface area contributed by atoms with Crippen LogP contribution in [0.5, 0.6) is 0 Å². The van der Waals surface area contributed by atoms with E-state index < -0.39 is 0 Å². The van der Waals surface area contributed by atoms with Crippen molar-refractivity contribution in [2.45, 2.75) is 20.3 Å². The van der Waals surface area contributed by atoms with Gasteiger partial charge in [0.1, 0.15) is 0 Å². The molecule has 1 amide bonds. The summed E-state index contributed by atoms with van der Waals surface area (Å²) in [6.07, 6.45) is 1.01. The highest BCUT2D eigenvalue weighted by Gasteiger charge is 2.17. The molecular formula is C20H31N5O. The maximum atomic E-state index is 12.4. The van der Waals surface area contributed by atoms with E-state index in [0.717, 1.165) is 57.1 Å². The summed E-state index contributed by atoms with van der Waals surface area (Å²) in [6.45, 7) is 11.4. The first kappa shape index (κ1) is 18.9. The van der Waals surface area contributed by atoms with Gasteiger partial charge in [0.25, 0.3) is 5.91 Å². The third kappa shape index (κ3) is 5.05. The van der Waals surface area contributed by atoms with Crippen LogP contribution in [0.4, 0.5) is 5.69 Å². The molecule has 1 N–H and O–H groups in total. The van der Waals surface area contributed by atoms with Crippen LogP contribution in [0, 0.1) is 5.92 Å². The van der Waals surface area contributed by atoms with Gasteiger partial charge in [-0.2, -0.15) is 5.10 Å². The van der Waals surface area contributed by atoms with Crippen LogP contribution in [0.25, 0.3) is 0 Å². The average molecular weight is 358 g/mol. The molecule has 0 spiro atoms. The highest BCUT2D eigenvalue weighted by Crippen LogP contribution is 2.19. The van der Waals surface area contributed by atoms with Crippen LogP contribution in [0.15, 0.2) is 29.4 Å². The van der Waals surface area contributed by atoms with Gasteiger partial charge in [-0.3, -0.25) is 9.80 Å². The lowest BCUT2D eigenvalue weighted by atomic mass is 10.1. The number of benzene rings is 1. The second-order valence-corrected chi connectivity index (χ2v) is 7.67. The zero-order valence-corrected chi connectivity index (χ0v) is 16.2. The molecule has 26 heavy (non-hydrogen) atoms. The molecule has 2 aliphatic heterocycles. The lowest BCUT2D eigenvalue weighted by Gasteiger charge is -2.33. The molecule has 1 aromatic rings. The van der Waals surface area contributed by atoms with Crippen molar-refractivity contribution in [2.75, 3.05) is 57.9 Å². The van der Waals surface area contributed by atoms with Crippen molar-refractivity contribution in [1.29, 1.82) is 0 Å². The van der Waals surface area contributed by atoms with Crippen LogP contribution in [-0.2, 0) is 0 Å². The Morgan fingerprint density at radius 1 is 1.15 bits per heavy atom. The number of carbonyl (C=O) groups excluding carboxylic acids is 1. The van der Waals surface area contributed by atoms with Gasteiger partial charge in [0.05, 0.1) is 5.69 Å². The predicted octanol–water partition coefficient (Wildman–Crippen LogP) is 1.89. The highest BCUT2D eigenvalue weighted by molar-refractivity contribution is 5.94. The Hall–Kier alpha value is -1.92. The van der Waals surface area contributed by atoms with Crippen molar-refractivity contribution < 1.29 is 4.79 Å². The van der Waals surface area contributed by atoms with Gasteiger partial charge in [0, 0.05) is 63.5 Å². The Labute approximate surface area is 156 Å². The van der Waals surface area contributed by atoms with Crippen LogP contribution >= 0.6 is 0 Å². The standard InChI is InChI=1S/C20H31N5O/c1-16(15-24-12-10-23(3)11-13-24)14-21-20(26)18-4-6-19(7-5-18)25-9-8-17(2)22-25/h4-7,16H,8-15H2,1-3H3,(H,21,26). The number of likely N-dealkylation sites (N-methyl/N-ethyl adjacent to an activating group) is 1. The van der Waals surface area contributed by atoms with Crippen molar-refractivity contribution in [2.24, 2.45) is 11.0 Å². The Bertz CT molecular complexity index is 634. The van der Waals surface area contributed by atoms with Gasteiger partial charge in [0.15, 0.2) is 0 Å². The molecule has 142 valence electrons. The van der Waals surface area contributed by atoms with E-state index in [0.29, 0.717) is 18.0 Å². The van der Waals surface area contributed by atoms with Gasteiger partial charge in [-0.15, -0.1) is 0 Å². The van der Waals surface area contributed by atoms with Crippen molar-refractivity contribution in [3.63, 3.8) is 0 Å². The maximum absolute atomic E-state index is 12.4. The van der Waals surface area contributed by atoms with E-state index in [1.54, 1.807) is 0 Å². The monoisotopic (exact) mass is 357 g/mol. The molecule has 6 nitrogen and oxygen atoms in total. The summed E-state index contributed by atoms with van der Waals surface area (Å²) in [5.74, 6) is 0.450. The van der Waals surface area contributed by atoms with Crippen LogP contribution < -0.4 is 10.3 Å². The number of hydrogen-bond donors (Lipinski definition) is 1. The number of hydrazone groups is 1. The second-order valence-electron chi connectivity index (χ2n) is 7.67. The molecule has 0 bridgehead atoms. The normalized spacial score (nSPS) is 20.1. The molecule has 0 radical (unpaired) electrons. The lowest BCUT2D eigenvalue weighted by Crippen LogP contribution is -2.46. The van der Waals surface area contributed by atoms with Crippen molar-refractivity contribution in [1.82, 2.24) is 15.1 Å². The van der Waals surface area contributed by atoms with Gasteiger partial charge >= 0.3 is 0 Å². The van der Waals surface area contributed by atoms with E-state index >= 15 is 0 Å². The molecule has 0 aromatic heterocycles. The van der Waals surface area contributed by atoms with Gasteiger partial charge in [-0.1, -0.05) is 6.92 Å². The number of hydrogen-bond acceptors (Lipinski definition) is 5. The molecule has 2 aliphatic rings. The fraction of sp³-hybridized carbons (Fsp3) is 0.600. The molecule has 1 atom stereocenters. The molecule has 0 aliphatic carbocycles. The number of anilines is 1. The summed E-state index contributed by atoms with van der Waals surface area (Å²) in [5, 5.41) is 9.57. The number of rotatable bonds is 6. The minimum Gasteiger partial charge on any atom is -0.352 e. The fourth-order valence-corrected chi connectivity index (χ4v) is 3.45. The van der Waals surface area contributed by atoms with Crippen LogP contribution in [0.1, 0.15) is 30.6 Å². The molecule has 1 saturated heterocycles. The summed E-state index contributed by atoms with van der Waals surface area (Å²) >= 11 is 0. The number of amides is 1. The largest absolute Gasteiger partial charge is 0.352 e. The topological polar surface area (TPSA) is 51.2 Å². The summed E-state index contributed by atoms with van der Waals surface area (Å²) < 4.78 is 0. The van der Waals surface area contributed by atoms with E-state index in [1.807, 2.05) is 36.2 Å². The third-order valence-corrected chi connectivity index (χ3v) is 5.18. The number of nitrogens with zero attached hydrogens (tertiary/aromatic N) is 4. The fourth-order valence-electron chi connectivity index (χ4n) is 3.45. The first-order chi connectivity index (χ1) is 12.5. The van der Waals surface area contributed by atoms with Gasteiger partial charge in [-0.25, -0.2) is 0 Å². The van der Waals surface area contributed by atoms with Crippen molar-refractivity contribution in [3.05, 3.63) is 29.8 Å². The number of carbonyl (C=O) groups is 1. The summed E-state index contributed by atoms with van der Waals surface area (Å²) in [7, 11) is 2.17. The van der Waals surface area contributed by atoms with Crippen LogP contribution in [0.2, 0.25) is 0 Å². The highest BCUT2D eigenvalue weighted by atomic mass is 16.1. The Morgan fingerprint density at radius 2 is 1.85 bits per heavy atom. The molecule has 1 fully saturated rings. The lowest BCUT2D eigenvalue weighted by molar-refractivity contribution is 0.0937. The molecule has 0 saturated carbocycles. The number of nitrogens with one attached hydrogen (secondary N) is 1. The van der Waals surface area contributed by atoms with E-state index in [4.69, 9.17) is 0 Å². The summed E-state index contributed by atoms with van der Waals surface area (Å²) in [4.78, 5) is 17.2. The van der Waals surface area contributed by atoms with Crippen LogP contribution in [-0.4, -0.2) is 74.3 Å². The molecule has 2 heterocycles. The molecule has 6 heteroatoms. The van der Waals surface area contributed by atoms with Gasteiger partial charge < -0.3 is 15.1 Å². The van der Waals surface area contributed by atoms with E-state index in [1.165, 1.54) is 0 Å². The summed E-state index contributed by atoms with van der Waals surface area (Å²) in [6, 6.07) is 7.73. The summed E-state index contributed by atoms with van der Waals surface area (Å²) in [5.41, 5.74) is 2.91. The Kier molecular flexibility index (Phi) is 6.27. The van der Waals surface area contributed by atoms with Gasteiger partial charge in [0.2, 0.25) is 0 Å². The first-order valence-electron chi connectivity index (χ1n) is 9.62. The molecule has 3 rings (SSSR count). The van der Waals surface area contributed by atoms with Gasteiger partial charge in [-0.05, 0) is 44.2 Å². The van der Waals surface area contributed by atoms with Crippen molar-refractivity contribution in [3.8, 4) is 0 Å². The second kappa shape index (κ2) is 8.64.